The predicted molar refractivity (Wildman–Crippen MR) is 118 cm³/mol. The molecule has 0 radical (unpaired) electrons. The molecule has 0 heterocycles. The summed E-state index contributed by atoms with van der Waals surface area (Å²) in [7, 11) is 0. The Morgan fingerprint density at radius 3 is 1.85 bits per heavy atom. The Bertz CT molecular complexity index is 1060. The second kappa shape index (κ2) is 11.8. The van der Waals surface area contributed by atoms with Crippen molar-refractivity contribution in [1.29, 1.82) is 0 Å². The number of rotatable bonds is 11. The number of hydrogen-bond acceptors (Lipinski definition) is 7. The van der Waals surface area contributed by atoms with E-state index in [2.05, 4.69) is 0 Å². The molecule has 0 bridgehead atoms. The fourth-order valence-electron chi connectivity index (χ4n) is 3.10. The van der Waals surface area contributed by atoms with Gasteiger partial charge in [0.2, 0.25) is 5.78 Å². The maximum Gasteiger partial charge on any atom is 0.345 e. The Labute approximate surface area is 195 Å². The van der Waals surface area contributed by atoms with E-state index >= 15 is 8.78 Å². The average molecular weight is 474 g/mol. The highest BCUT2D eigenvalue weighted by atomic mass is 19.3. The smallest absolute Gasteiger partial charge is 0.345 e. The fraction of sp³-hybridized carbons (Fsp3) is 0.280. The van der Waals surface area contributed by atoms with Gasteiger partial charge in [-0.3, -0.25) is 14.4 Å². The Morgan fingerprint density at radius 2 is 1.35 bits per heavy atom. The maximum atomic E-state index is 15.2. The zero-order valence-electron chi connectivity index (χ0n) is 18.6. The van der Waals surface area contributed by atoms with E-state index in [0.717, 1.165) is 0 Å². The molecule has 0 amide bonds. The number of aliphatic hydroxyl groups is 1. The molecule has 7 nitrogen and oxygen atoms in total. The van der Waals surface area contributed by atoms with Crippen LogP contribution in [-0.4, -0.2) is 47.7 Å². The van der Waals surface area contributed by atoms with Gasteiger partial charge in [0.1, 0.15) is 11.7 Å². The highest BCUT2D eigenvalue weighted by molar-refractivity contribution is 6.24. The second-order valence-electron chi connectivity index (χ2n) is 7.08. The number of alkyl halides is 2. The minimum Gasteiger partial charge on any atom is -0.506 e. The van der Waals surface area contributed by atoms with E-state index in [1.165, 1.54) is 62.4 Å². The molecule has 1 atom stereocenters. The maximum absolute atomic E-state index is 15.2. The van der Waals surface area contributed by atoms with Crippen molar-refractivity contribution in [3.63, 3.8) is 0 Å². The van der Waals surface area contributed by atoms with Crippen molar-refractivity contribution in [3.8, 4) is 0 Å². The molecule has 0 spiro atoms. The number of ketones is 2. The first-order chi connectivity index (χ1) is 16.1. The van der Waals surface area contributed by atoms with Crippen molar-refractivity contribution in [2.45, 2.75) is 26.2 Å². The third-order valence-electron chi connectivity index (χ3n) is 4.73. The third-order valence-corrected chi connectivity index (χ3v) is 4.73. The lowest BCUT2D eigenvalue weighted by molar-refractivity contribution is -0.153. The Kier molecular flexibility index (Phi) is 9.18. The van der Waals surface area contributed by atoms with Gasteiger partial charge in [0, 0.05) is 17.5 Å². The van der Waals surface area contributed by atoms with Crippen LogP contribution < -0.4 is 0 Å². The number of Topliss-reactive ketones (excluding diaryl/α,β-unsaturated/α-hetero) is 2. The zero-order valence-corrected chi connectivity index (χ0v) is 18.6. The van der Waals surface area contributed by atoms with Gasteiger partial charge < -0.3 is 14.6 Å². The fourth-order valence-corrected chi connectivity index (χ4v) is 3.10. The van der Waals surface area contributed by atoms with Gasteiger partial charge in [-0.15, -0.1) is 0 Å². The molecule has 2 aromatic rings. The lowest BCUT2D eigenvalue weighted by Crippen LogP contribution is -2.40. The van der Waals surface area contributed by atoms with Gasteiger partial charge >= 0.3 is 17.9 Å². The van der Waals surface area contributed by atoms with Crippen molar-refractivity contribution in [1.82, 2.24) is 0 Å². The zero-order chi connectivity index (χ0) is 25.3. The minimum absolute atomic E-state index is 0.0305. The number of esters is 2. The third kappa shape index (κ3) is 6.34. The van der Waals surface area contributed by atoms with Crippen LogP contribution in [0.1, 0.15) is 36.2 Å². The van der Waals surface area contributed by atoms with E-state index in [1.807, 2.05) is 0 Å². The first-order valence-corrected chi connectivity index (χ1v) is 10.5. The molecule has 0 aromatic heterocycles. The molecule has 0 aliphatic rings. The summed E-state index contributed by atoms with van der Waals surface area (Å²) in [6.07, 6.45) is -1.57. The van der Waals surface area contributed by atoms with Crippen molar-refractivity contribution in [2.24, 2.45) is 5.92 Å². The molecule has 0 aliphatic heterocycles. The highest BCUT2D eigenvalue weighted by Gasteiger charge is 2.49. The molecular formula is C25H24F2O7. The summed E-state index contributed by atoms with van der Waals surface area (Å²) in [5.74, 6) is -13.2. The summed E-state index contributed by atoms with van der Waals surface area (Å²) in [4.78, 5) is 50.4. The summed E-state index contributed by atoms with van der Waals surface area (Å²) >= 11 is 0. The molecular weight excluding hydrogens is 450 g/mol. The molecule has 9 heteroatoms. The molecule has 0 fully saturated rings. The quantitative estimate of drug-likeness (QED) is 0.130. The lowest BCUT2D eigenvalue weighted by atomic mass is 9.88. The SMILES string of the molecule is CCOC(=O)/C(C(=O)C(F)(F)CC(C(=O)OCC)C(=O)c1ccccc1)=C(/O)c1ccccc1. The molecule has 2 rings (SSSR count). The number of benzene rings is 2. The lowest BCUT2D eigenvalue weighted by Gasteiger charge is -2.22. The van der Waals surface area contributed by atoms with Crippen LogP contribution in [0.2, 0.25) is 0 Å². The van der Waals surface area contributed by atoms with Crippen LogP contribution in [0.5, 0.6) is 0 Å². The molecule has 1 N–H and O–H groups in total. The summed E-state index contributed by atoms with van der Waals surface area (Å²) in [5.41, 5.74) is -1.39. The van der Waals surface area contributed by atoms with Crippen LogP contribution in [0.3, 0.4) is 0 Å². The average Bonchev–Trinajstić information content (AvgIpc) is 2.83. The van der Waals surface area contributed by atoms with Crippen molar-refractivity contribution in [2.75, 3.05) is 13.2 Å². The van der Waals surface area contributed by atoms with E-state index in [-0.39, 0.29) is 24.3 Å². The summed E-state index contributed by atoms with van der Waals surface area (Å²) in [6.45, 7) is 2.40. The van der Waals surface area contributed by atoms with Crippen LogP contribution in [0.15, 0.2) is 66.2 Å². The largest absolute Gasteiger partial charge is 0.506 e. The standard InChI is InChI=1S/C25H24F2O7/c1-3-33-23(31)18(20(28)16-11-7-5-8-12-16)15-25(26,27)22(30)19(24(32)34-4-2)21(29)17-13-9-6-10-14-17/h5-14,18,29H,3-4,15H2,1-2H3/b21-19+. The summed E-state index contributed by atoms with van der Waals surface area (Å²) < 4.78 is 39.9. The number of carbonyl (C=O) groups is 4. The first-order valence-electron chi connectivity index (χ1n) is 10.5. The van der Waals surface area contributed by atoms with Crippen molar-refractivity contribution < 1.29 is 42.5 Å². The molecule has 180 valence electrons. The number of halogens is 2. The van der Waals surface area contributed by atoms with Gasteiger partial charge in [-0.05, 0) is 13.8 Å². The summed E-state index contributed by atoms with van der Waals surface area (Å²) in [6, 6.07) is 14.3. The molecule has 34 heavy (non-hydrogen) atoms. The van der Waals surface area contributed by atoms with Crippen LogP contribution in [-0.2, 0) is 23.9 Å². The minimum atomic E-state index is -4.40. The van der Waals surface area contributed by atoms with Crippen LogP contribution >= 0.6 is 0 Å². The van der Waals surface area contributed by atoms with Gasteiger partial charge in [0.25, 0.3) is 0 Å². The first kappa shape index (κ1) is 26.4. The van der Waals surface area contributed by atoms with E-state index in [9.17, 15) is 24.3 Å². The summed E-state index contributed by atoms with van der Waals surface area (Å²) in [5, 5.41) is 10.5. The van der Waals surface area contributed by atoms with Crippen LogP contribution in [0, 0.1) is 5.92 Å². The molecule has 1 unspecified atom stereocenters. The van der Waals surface area contributed by atoms with Gasteiger partial charge in [0.15, 0.2) is 11.4 Å². The number of carbonyl (C=O) groups excluding carboxylic acids is 4. The topological polar surface area (TPSA) is 107 Å². The van der Waals surface area contributed by atoms with Crippen LogP contribution in [0.4, 0.5) is 8.78 Å². The predicted octanol–water partition coefficient (Wildman–Crippen LogP) is 4.18. The van der Waals surface area contributed by atoms with Gasteiger partial charge in [0.05, 0.1) is 13.2 Å². The van der Waals surface area contributed by atoms with E-state index < -0.39 is 53.1 Å². The van der Waals surface area contributed by atoms with Gasteiger partial charge in [-0.1, -0.05) is 60.7 Å². The van der Waals surface area contributed by atoms with E-state index in [4.69, 9.17) is 9.47 Å². The van der Waals surface area contributed by atoms with E-state index in [1.54, 1.807) is 12.1 Å². The highest BCUT2D eigenvalue weighted by Crippen LogP contribution is 2.32. The van der Waals surface area contributed by atoms with Crippen molar-refractivity contribution >= 4 is 29.3 Å². The van der Waals surface area contributed by atoms with Gasteiger partial charge in [-0.2, -0.15) is 8.78 Å². The van der Waals surface area contributed by atoms with E-state index in [0.29, 0.717) is 0 Å². The van der Waals surface area contributed by atoms with Crippen molar-refractivity contribution in [3.05, 3.63) is 77.4 Å². The molecule has 0 saturated heterocycles. The Balaban J connectivity index is 2.49. The molecule has 0 saturated carbocycles. The molecule has 2 aromatic carbocycles. The normalized spacial score (nSPS) is 12.8. The van der Waals surface area contributed by atoms with Gasteiger partial charge in [-0.25, -0.2) is 4.79 Å². The number of ether oxygens (including phenoxy) is 2. The monoisotopic (exact) mass is 474 g/mol. The Hall–Kier alpha value is -3.88. The number of aliphatic hydroxyl groups excluding tert-OH is 1. The molecule has 0 aliphatic carbocycles. The second-order valence-corrected chi connectivity index (χ2v) is 7.08. The van der Waals surface area contributed by atoms with Crippen LogP contribution in [0.25, 0.3) is 5.76 Å². The number of hydrogen-bond donors (Lipinski definition) is 1. The Morgan fingerprint density at radius 1 is 0.853 bits per heavy atom.